The Labute approximate surface area is 97.9 Å². The fourth-order valence-electron chi connectivity index (χ4n) is 2.44. The molecule has 0 aromatic rings. The van der Waals surface area contributed by atoms with Crippen molar-refractivity contribution in [3.63, 3.8) is 0 Å². The molecule has 16 heavy (non-hydrogen) atoms. The van der Waals surface area contributed by atoms with E-state index in [0.717, 1.165) is 32.8 Å². The lowest BCUT2D eigenvalue weighted by Crippen LogP contribution is -2.45. The average Bonchev–Trinajstić information content (AvgIpc) is 2.29. The van der Waals surface area contributed by atoms with Crippen LogP contribution in [0.25, 0.3) is 0 Å². The van der Waals surface area contributed by atoms with E-state index in [1.165, 1.54) is 25.7 Å². The molecule has 1 saturated carbocycles. The number of hydrogen-bond acceptors (Lipinski definition) is 2. The van der Waals surface area contributed by atoms with Gasteiger partial charge in [0.15, 0.2) is 5.96 Å². The third-order valence-electron chi connectivity index (χ3n) is 4.08. The summed E-state index contributed by atoms with van der Waals surface area (Å²) in [4.78, 5) is 6.71. The first-order valence-electron chi connectivity index (χ1n) is 6.38. The lowest BCUT2D eigenvalue weighted by molar-refractivity contribution is 0.0669. The van der Waals surface area contributed by atoms with Gasteiger partial charge in [0.2, 0.25) is 0 Å². The minimum Gasteiger partial charge on any atom is -0.378 e. The molecule has 0 unspecified atom stereocenters. The van der Waals surface area contributed by atoms with Crippen molar-refractivity contribution in [1.82, 2.24) is 4.90 Å². The Morgan fingerprint density at radius 3 is 2.56 bits per heavy atom. The molecule has 0 radical (unpaired) electrons. The molecule has 92 valence electrons. The lowest BCUT2D eigenvalue weighted by atomic mass is 9.67. The van der Waals surface area contributed by atoms with Crippen molar-refractivity contribution < 1.29 is 4.74 Å². The van der Waals surface area contributed by atoms with E-state index in [0.29, 0.717) is 11.4 Å². The molecule has 0 atom stereocenters. The van der Waals surface area contributed by atoms with Crippen LogP contribution in [0.4, 0.5) is 0 Å². The van der Waals surface area contributed by atoms with Gasteiger partial charge in [-0.1, -0.05) is 13.3 Å². The Balaban J connectivity index is 1.85. The van der Waals surface area contributed by atoms with E-state index in [-0.39, 0.29) is 0 Å². The zero-order valence-electron chi connectivity index (χ0n) is 10.2. The Kier molecular flexibility index (Phi) is 3.69. The number of nitrogens with two attached hydrogens (primary N) is 1. The molecule has 1 aliphatic carbocycles. The molecule has 0 aromatic carbocycles. The zero-order valence-corrected chi connectivity index (χ0v) is 10.2. The van der Waals surface area contributed by atoms with Gasteiger partial charge in [-0.05, 0) is 24.7 Å². The second-order valence-corrected chi connectivity index (χ2v) is 4.98. The quantitative estimate of drug-likeness (QED) is 0.580. The number of morpholine rings is 1. The van der Waals surface area contributed by atoms with Gasteiger partial charge in [-0.2, -0.15) is 0 Å². The van der Waals surface area contributed by atoms with Crippen LogP contribution in [0.3, 0.4) is 0 Å². The van der Waals surface area contributed by atoms with Crippen LogP contribution >= 0.6 is 0 Å². The van der Waals surface area contributed by atoms with E-state index in [2.05, 4.69) is 16.8 Å². The number of hydrogen-bond donors (Lipinski definition) is 1. The lowest BCUT2D eigenvalue weighted by Gasteiger charge is -2.40. The van der Waals surface area contributed by atoms with Gasteiger partial charge in [0.05, 0.1) is 13.2 Å². The van der Waals surface area contributed by atoms with Crippen LogP contribution in [0.1, 0.15) is 32.6 Å². The minimum absolute atomic E-state index is 0.469. The summed E-state index contributed by atoms with van der Waals surface area (Å²) >= 11 is 0. The highest BCUT2D eigenvalue weighted by molar-refractivity contribution is 5.78. The van der Waals surface area contributed by atoms with Gasteiger partial charge in [-0.15, -0.1) is 0 Å². The van der Waals surface area contributed by atoms with Crippen molar-refractivity contribution in [2.75, 3.05) is 32.8 Å². The summed E-state index contributed by atoms with van der Waals surface area (Å²) in [5.41, 5.74) is 6.48. The maximum atomic E-state index is 6.01. The fourth-order valence-corrected chi connectivity index (χ4v) is 2.44. The largest absolute Gasteiger partial charge is 0.378 e. The molecule has 2 N–H and O–H groups in total. The van der Waals surface area contributed by atoms with Crippen LogP contribution in [0.2, 0.25) is 0 Å². The molecule has 2 fully saturated rings. The Hall–Kier alpha value is -0.770. The fraction of sp³-hybridized carbons (Fsp3) is 0.917. The first kappa shape index (κ1) is 11.7. The van der Waals surface area contributed by atoms with Crippen molar-refractivity contribution in [3.05, 3.63) is 0 Å². The zero-order chi connectivity index (χ0) is 11.4. The van der Waals surface area contributed by atoms with E-state index < -0.39 is 0 Å². The van der Waals surface area contributed by atoms with Gasteiger partial charge >= 0.3 is 0 Å². The second kappa shape index (κ2) is 5.04. The molecule has 4 heteroatoms. The van der Waals surface area contributed by atoms with Crippen LogP contribution in [0, 0.1) is 5.41 Å². The van der Waals surface area contributed by atoms with Crippen LogP contribution in [0.15, 0.2) is 4.99 Å². The van der Waals surface area contributed by atoms with Gasteiger partial charge in [-0.3, -0.25) is 4.99 Å². The monoisotopic (exact) mass is 225 g/mol. The maximum absolute atomic E-state index is 6.01. The third-order valence-corrected chi connectivity index (χ3v) is 4.08. The first-order valence-corrected chi connectivity index (χ1v) is 6.38. The summed E-state index contributed by atoms with van der Waals surface area (Å²) in [6.07, 6.45) is 5.24. The van der Waals surface area contributed by atoms with Crippen molar-refractivity contribution in [2.24, 2.45) is 16.1 Å². The van der Waals surface area contributed by atoms with Crippen LogP contribution in [0.5, 0.6) is 0 Å². The highest BCUT2D eigenvalue weighted by atomic mass is 16.5. The molecule has 2 rings (SSSR count). The number of rotatable bonds is 3. The average molecular weight is 225 g/mol. The van der Waals surface area contributed by atoms with Crippen LogP contribution in [-0.2, 0) is 4.74 Å². The van der Waals surface area contributed by atoms with Crippen LogP contribution < -0.4 is 5.73 Å². The van der Waals surface area contributed by atoms with Gasteiger partial charge in [-0.25, -0.2) is 0 Å². The van der Waals surface area contributed by atoms with Crippen molar-refractivity contribution in [1.29, 1.82) is 0 Å². The van der Waals surface area contributed by atoms with Gasteiger partial charge < -0.3 is 15.4 Å². The van der Waals surface area contributed by atoms with Crippen molar-refractivity contribution >= 4 is 5.96 Å². The number of guanidine groups is 1. The summed E-state index contributed by atoms with van der Waals surface area (Å²) < 4.78 is 5.30. The summed E-state index contributed by atoms with van der Waals surface area (Å²) in [5.74, 6) is 0.711. The van der Waals surface area contributed by atoms with Crippen molar-refractivity contribution in [2.45, 2.75) is 32.6 Å². The first-order chi connectivity index (χ1) is 7.76. The molecule has 2 aliphatic rings. The van der Waals surface area contributed by atoms with Gasteiger partial charge in [0, 0.05) is 19.6 Å². The predicted molar refractivity (Wildman–Crippen MR) is 65.5 cm³/mol. The van der Waals surface area contributed by atoms with Gasteiger partial charge in [0.1, 0.15) is 0 Å². The summed E-state index contributed by atoms with van der Waals surface area (Å²) in [6, 6.07) is 0. The third kappa shape index (κ3) is 2.48. The van der Waals surface area contributed by atoms with Crippen LogP contribution in [-0.4, -0.2) is 43.7 Å². The highest BCUT2D eigenvalue weighted by Gasteiger charge is 2.34. The summed E-state index contributed by atoms with van der Waals surface area (Å²) in [7, 11) is 0. The summed E-state index contributed by atoms with van der Waals surface area (Å²) in [6.45, 7) is 6.49. The maximum Gasteiger partial charge on any atom is 0.191 e. The smallest absolute Gasteiger partial charge is 0.191 e. The SMILES string of the molecule is CCC1(CN=C(N)N2CCOCC2)CCC1. The van der Waals surface area contributed by atoms with E-state index in [1.807, 2.05) is 0 Å². The van der Waals surface area contributed by atoms with E-state index in [1.54, 1.807) is 0 Å². The molecule has 1 saturated heterocycles. The molecule has 1 heterocycles. The number of nitrogens with zero attached hydrogens (tertiary/aromatic N) is 2. The molecule has 0 amide bonds. The minimum atomic E-state index is 0.469. The van der Waals surface area contributed by atoms with E-state index >= 15 is 0 Å². The second-order valence-electron chi connectivity index (χ2n) is 4.98. The van der Waals surface area contributed by atoms with E-state index in [4.69, 9.17) is 10.5 Å². The molecule has 0 bridgehead atoms. The molecular formula is C12H23N3O. The molecular weight excluding hydrogens is 202 g/mol. The molecule has 4 nitrogen and oxygen atoms in total. The normalized spacial score (nSPS) is 25.3. The van der Waals surface area contributed by atoms with E-state index in [9.17, 15) is 0 Å². The Bertz CT molecular complexity index is 249. The summed E-state index contributed by atoms with van der Waals surface area (Å²) in [5, 5.41) is 0. The molecule has 0 spiro atoms. The number of aliphatic imine (C=N–C) groups is 1. The predicted octanol–water partition coefficient (Wildman–Crippen LogP) is 1.21. The highest BCUT2D eigenvalue weighted by Crippen LogP contribution is 2.43. The standard InChI is InChI=1S/C12H23N3O/c1-2-12(4-3-5-12)10-14-11(13)15-6-8-16-9-7-15/h2-10H2,1H3,(H2,13,14). The van der Waals surface area contributed by atoms with Crippen molar-refractivity contribution in [3.8, 4) is 0 Å². The Morgan fingerprint density at radius 2 is 2.06 bits per heavy atom. The molecule has 1 aliphatic heterocycles. The topological polar surface area (TPSA) is 50.8 Å². The number of ether oxygens (including phenoxy) is 1. The molecule has 0 aromatic heterocycles. The Morgan fingerprint density at radius 1 is 1.38 bits per heavy atom. The van der Waals surface area contributed by atoms with Gasteiger partial charge in [0.25, 0.3) is 0 Å².